The van der Waals surface area contributed by atoms with Gasteiger partial charge < -0.3 is 4.74 Å². The summed E-state index contributed by atoms with van der Waals surface area (Å²) >= 11 is 8.62. The molecule has 3 atom stereocenters. The molecule has 1 aliphatic rings. The average molecular weight is 354 g/mol. The normalized spacial score (nSPS) is 27.2. The molecular weight excluding hydrogens is 342 g/mol. The van der Waals surface area contributed by atoms with E-state index in [4.69, 9.17) is 16.3 Å². The molecule has 19 heavy (non-hydrogen) atoms. The molecule has 0 unspecified atom stereocenters. The maximum absolute atomic E-state index is 13.6. The van der Waals surface area contributed by atoms with Gasteiger partial charge in [0.2, 0.25) is 0 Å². The highest BCUT2D eigenvalue weighted by molar-refractivity contribution is 9.11. The third kappa shape index (κ3) is 2.98. The summed E-state index contributed by atoms with van der Waals surface area (Å²) in [5.74, 6) is 0.0178. The minimum absolute atomic E-state index is 0.0178. The topological polar surface area (TPSA) is 64.1 Å². The smallest absolute Gasteiger partial charge is 0.330 e. The molecular formula is C11H11BrClFN2O3. The van der Waals surface area contributed by atoms with Crippen molar-refractivity contribution in [2.24, 2.45) is 0 Å². The minimum Gasteiger partial charge on any atom is -0.350 e. The molecule has 0 radical (unpaired) electrons. The van der Waals surface area contributed by atoms with Gasteiger partial charge in [0.15, 0.2) is 0 Å². The van der Waals surface area contributed by atoms with Crippen molar-refractivity contribution >= 4 is 33.6 Å². The summed E-state index contributed by atoms with van der Waals surface area (Å²) in [7, 11) is 0. The van der Waals surface area contributed by atoms with E-state index in [2.05, 4.69) is 20.9 Å². The van der Waals surface area contributed by atoms with Crippen LogP contribution in [-0.4, -0.2) is 27.7 Å². The van der Waals surface area contributed by atoms with Crippen molar-refractivity contribution in [2.45, 2.75) is 24.9 Å². The first kappa shape index (κ1) is 14.5. The molecule has 8 heteroatoms. The first-order valence-corrected chi connectivity index (χ1v) is 6.99. The second-order valence-corrected chi connectivity index (χ2v) is 4.92. The van der Waals surface area contributed by atoms with Crippen molar-refractivity contribution in [3.63, 3.8) is 0 Å². The summed E-state index contributed by atoms with van der Waals surface area (Å²) in [5, 5.41) is 0. The Kier molecular flexibility index (Phi) is 4.59. The summed E-state index contributed by atoms with van der Waals surface area (Å²) < 4.78 is 20.1. The van der Waals surface area contributed by atoms with E-state index in [0.717, 1.165) is 0 Å². The van der Waals surface area contributed by atoms with Crippen LogP contribution in [0.3, 0.4) is 0 Å². The van der Waals surface area contributed by atoms with Gasteiger partial charge in [-0.05, 0) is 11.1 Å². The van der Waals surface area contributed by atoms with Crippen molar-refractivity contribution in [2.75, 3.05) is 5.88 Å². The van der Waals surface area contributed by atoms with Crippen LogP contribution < -0.4 is 11.2 Å². The number of hydrogen-bond donors (Lipinski definition) is 1. The van der Waals surface area contributed by atoms with Gasteiger partial charge in [-0.25, -0.2) is 9.18 Å². The van der Waals surface area contributed by atoms with Crippen molar-refractivity contribution in [3.05, 3.63) is 37.6 Å². The Hall–Kier alpha value is -0.920. The van der Waals surface area contributed by atoms with Crippen LogP contribution in [0.1, 0.15) is 18.2 Å². The number of H-pyrrole nitrogens is 1. The Morgan fingerprint density at radius 2 is 2.37 bits per heavy atom. The highest BCUT2D eigenvalue weighted by atomic mass is 79.9. The summed E-state index contributed by atoms with van der Waals surface area (Å²) in [6.45, 7) is 0. The number of hydrogen-bond acceptors (Lipinski definition) is 3. The van der Waals surface area contributed by atoms with Crippen molar-refractivity contribution in [1.29, 1.82) is 0 Å². The molecule has 104 valence electrons. The minimum atomic E-state index is -1.23. The zero-order valence-corrected chi connectivity index (χ0v) is 12.0. The maximum atomic E-state index is 13.6. The molecule has 1 aromatic heterocycles. The highest BCUT2D eigenvalue weighted by Crippen LogP contribution is 2.30. The summed E-state index contributed by atoms with van der Waals surface area (Å²) in [6.07, 6.45) is 0.131. The Labute approximate surface area is 121 Å². The Morgan fingerprint density at radius 1 is 1.63 bits per heavy atom. The van der Waals surface area contributed by atoms with Crippen LogP contribution in [0.15, 0.2) is 20.8 Å². The Morgan fingerprint density at radius 3 is 2.95 bits per heavy atom. The van der Waals surface area contributed by atoms with E-state index in [-0.39, 0.29) is 17.9 Å². The molecule has 1 N–H and O–H groups in total. The van der Waals surface area contributed by atoms with Crippen LogP contribution in [0.2, 0.25) is 0 Å². The van der Waals surface area contributed by atoms with Crippen LogP contribution in [-0.2, 0) is 4.74 Å². The number of ether oxygens (including phenoxy) is 1. The molecule has 1 aromatic rings. The molecule has 1 fully saturated rings. The van der Waals surface area contributed by atoms with Gasteiger partial charge in [0.25, 0.3) is 5.56 Å². The standard InChI is InChI=1S/C11H11BrClFN2O3/c12-2-1-6-5-16(11(18)15-10(6)17)9-3-7(14)8(4-13)19-9/h1-2,5,7-9H,3-4H2,(H,15,17,18)/t7-,8+,9+/m0/s1. The largest absolute Gasteiger partial charge is 0.350 e. The van der Waals surface area contributed by atoms with E-state index < -0.39 is 29.8 Å². The Balaban J connectivity index is 2.38. The lowest BCUT2D eigenvalue weighted by molar-refractivity contribution is 0.00106. The molecule has 0 saturated carbocycles. The third-order valence-corrected chi connectivity index (χ3v) is 3.43. The average Bonchev–Trinajstić information content (AvgIpc) is 2.74. The maximum Gasteiger partial charge on any atom is 0.330 e. The van der Waals surface area contributed by atoms with Crippen molar-refractivity contribution in [3.8, 4) is 0 Å². The second-order valence-electron chi connectivity index (χ2n) is 4.08. The molecule has 0 bridgehead atoms. The van der Waals surface area contributed by atoms with Gasteiger partial charge in [0.05, 0.1) is 11.4 Å². The molecule has 2 heterocycles. The summed E-state index contributed by atoms with van der Waals surface area (Å²) in [5.41, 5.74) is -0.880. The molecule has 1 saturated heterocycles. The van der Waals surface area contributed by atoms with Gasteiger partial charge in [-0.1, -0.05) is 15.9 Å². The lowest BCUT2D eigenvalue weighted by Crippen LogP contribution is -2.33. The van der Waals surface area contributed by atoms with E-state index in [9.17, 15) is 14.0 Å². The summed E-state index contributed by atoms with van der Waals surface area (Å²) in [4.78, 5) is 26.9. The highest BCUT2D eigenvalue weighted by Gasteiger charge is 2.36. The zero-order valence-electron chi connectivity index (χ0n) is 9.68. The molecule has 1 aliphatic heterocycles. The summed E-state index contributed by atoms with van der Waals surface area (Å²) in [6, 6.07) is 0. The van der Waals surface area contributed by atoms with Crippen molar-refractivity contribution < 1.29 is 9.13 Å². The Bertz CT molecular complexity index is 600. The van der Waals surface area contributed by atoms with Gasteiger partial charge in [-0.15, -0.1) is 11.6 Å². The fraction of sp³-hybridized carbons (Fsp3) is 0.455. The SMILES string of the molecule is O=c1[nH]c(=O)n([C@H]2C[C@H](F)[C@@H](CCl)O2)cc1C=CBr. The lowest BCUT2D eigenvalue weighted by atomic mass is 10.2. The number of halogens is 3. The first-order valence-electron chi connectivity index (χ1n) is 5.54. The molecule has 0 spiro atoms. The van der Waals surface area contributed by atoms with Crippen molar-refractivity contribution in [1.82, 2.24) is 9.55 Å². The number of nitrogens with one attached hydrogen (secondary N) is 1. The zero-order chi connectivity index (χ0) is 14.0. The monoisotopic (exact) mass is 352 g/mol. The van der Waals surface area contributed by atoms with E-state index >= 15 is 0 Å². The van der Waals surface area contributed by atoms with Crippen LogP contribution in [0, 0.1) is 0 Å². The van der Waals surface area contributed by atoms with Crippen LogP contribution >= 0.6 is 27.5 Å². The van der Waals surface area contributed by atoms with Gasteiger partial charge in [-0.3, -0.25) is 14.3 Å². The lowest BCUT2D eigenvalue weighted by Gasteiger charge is -2.14. The number of nitrogens with zero attached hydrogens (tertiary/aromatic N) is 1. The van der Waals surface area contributed by atoms with E-state index in [1.54, 1.807) is 0 Å². The fourth-order valence-electron chi connectivity index (χ4n) is 1.90. The van der Waals surface area contributed by atoms with Gasteiger partial charge in [0.1, 0.15) is 18.5 Å². The van der Waals surface area contributed by atoms with Crippen LogP contribution in [0.4, 0.5) is 4.39 Å². The first-order chi connectivity index (χ1) is 9.06. The quantitative estimate of drug-likeness (QED) is 0.842. The molecule has 0 aromatic carbocycles. The number of rotatable bonds is 3. The number of alkyl halides is 2. The predicted molar refractivity (Wildman–Crippen MR) is 73.4 cm³/mol. The molecule has 5 nitrogen and oxygen atoms in total. The third-order valence-electron chi connectivity index (χ3n) is 2.86. The number of aromatic amines is 1. The van der Waals surface area contributed by atoms with E-state index in [1.807, 2.05) is 0 Å². The van der Waals surface area contributed by atoms with Gasteiger partial charge >= 0.3 is 5.69 Å². The van der Waals surface area contributed by atoms with Gasteiger partial charge in [0, 0.05) is 12.6 Å². The van der Waals surface area contributed by atoms with Crippen LogP contribution in [0.5, 0.6) is 0 Å². The van der Waals surface area contributed by atoms with E-state index in [0.29, 0.717) is 0 Å². The molecule has 0 amide bonds. The van der Waals surface area contributed by atoms with Gasteiger partial charge in [-0.2, -0.15) is 0 Å². The molecule has 2 rings (SSSR count). The van der Waals surface area contributed by atoms with E-state index in [1.165, 1.54) is 21.8 Å². The number of aromatic nitrogens is 2. The van der Waals surface area contributed by atoms with Crippen LogP contribution in [0.25, 0.3) is 6.08 Å². The molecule has 0 aliphatic carbocycles. The fourth-order valence-corrected chi connectivity index (χ4v) is 2.45. The second kappa shape index (κ2) is 6.02. The predicted octanol–water partition coefficient (Wildman–Crippen LogP) is 1.77.